The average molecular weight is 348 g/mol. The van der Waals surface area contributed by atoms with Crippen molar-refractivity contribution in [2.75, 3.05) is 14.2 Å². The highest BCUT2D eigenvalue weighted by Crippen LogP contribution is 2.37. The van der Waals surface area contributed by atoms with Gasteiger partial charge in [0.05, 0.1) is 25.2 Å². The van der Waals surface area contributed by atoms with Gasteiger partial charge < -0.3 is 14.2 Å². The number of carbonyl (C=O) groups is 2. The first-order valence-corrected chi connectivity index (χ1v) is 8.26. The van der Waals surface area contributed by atoms with Crippen LogP contribution in [0.1, 0.15) is 30.4 Å². The predicted octanol–water partition coefficient (Wildman–Crippen LogP) is 4.00. The van der Waals surface area contributed by atoms with Crippen molar-refractivity contribution in [2.24, 2.45) is 0 Å². The number of allylic oxidation sites excluding steroid dienone is 1. The standard InChI is InChI=1S/C18H20O5S/c1-10(2)23-15-7-12-8-17(24-16(12)9-14(15)21-4)13(19)6-11(3)18(20)22-5/h6-10H,1-5H3/b11-6+. The Hall–Kier alpha value is -2.34. The van der Waals surface area contributed by atoms with E-state index in [-0.39, 0.29) is 17.5 Å². The Bertz CT molecular complexity index is 801. The van der Waals surface area contributed by atoms with Gasteiger partial charge in [0.2, 0.25) is 0 Å². The molecule has 0 saturated carbocycles. The van der Waals surface area contributed by atoms with Gasteiger partial charge in [-0.25, -0.2) is 4.79 Å². The summed E-state index contributed by atoms with van der Waals surface area (Å²) in [6.07, 6.45) is 1.31. The highest BCUT2D eigenvalue weighted by atomic mass is 32.1. The van der Waals surface area contributed by atoms with Crippen LogP contribution < -0.4 is 9.47 Å². The van der Waals surface area contributed by atoms with Crippen molar-refractivity contribution >= 4 is 33.2 Å². The fourth-order valence-corrected chi connectivity index (χ4v) is 3.15. The summed E-state index contributed by atoms with van der Waals surface area (Å²) in [5.41, 5.74) is 0.265. The zero-order valence-electron chi connectivity index (χ0n) is 14.3. The maximum Gasteiger partial charge on any atom is 0.333 e. The first-order chi connectivity index (χ1) is 11.3. The molecule has 0 aliphatic carbocycles. The summed E-state index contributed by atoms with van der Waals surface area (Å²) in [5, 5.41) is 0.893. The van der Waals surface area contributed by atoms with Crippen LogP contribution in [0.2, 0.25) is 0 Å². The molecule has 0 saturated heterocycles. The molecule has 5 nitrogen and oxygen atoms in total. The maximum atomic E-state index is 12.3. The second-order valence-corrected chi connectivity index (χ2v) is 6.59. The Morgan fingerprint density at radius 3 is 2.42 bits per heavy atom. The van der Waals surface area contributed by atoms with E-state index in [1.807, 2.05) is 26.0 Å². The number of benzene rings is 1. The lowest BCUT2D eigenvalue weighted by molar-refractivity contribution is -0.136. The molecule has 0 bridgehead atoms. The minimum absolute atomic E-state index is 0.0155. The van der Waals surface area contributed by atoms with Gasteiger partial charge in [-0.1, -0.05) is 0 Å². The molecule has 1 aromatic heterocycles. The maximum absolute atomic E-state index is 12.3. The number of rotatable bonds is 6. The van der Waals surface area contributed by atoms with Crippen molar-refractivity contribution in [3.8, 4) is 11.5 Å². The van der Waals surface area contributed by atoms with E-state index in [1.165, 1.54) is 24.5 Å². The van der Waals surface area contributed by atoms with Gasteiger partial charge in [0.15, 0.2) is 17.3 Å². The van der Waals surface area contributed by atoms with Gasteiger partial charge in [-0.3, -0.25) is 4.79 Å². The Balaban J connectivity index is 2.40. The van der Waals surface area contributed by atoms with Gasteiger partial charge in [-0.15, -0.1) is 11.3 Å². The SMILES string of the molecule is COC(=O)/C(C)=C/C(=O)c1cc2cc(OC(C)C)c(OC)cc2s1. The minimum atomic E-state index is -0.515. The highest BCUT2D eigenvalue weighted by Gasteiger charge is 2.15. The monoisotopic (exact) mass is 348 g/mol. The molecular formula is C18H20O5S. The summed E-state index contributed by atoms with van der Waals surface area (Å²) in [4.78, 5) is 24.3. The molecule has 1 heterocycles. The number of thiophene rings is 1. The number of carbonyl (C=O) groups excluding carboxylic acids is 2. The lowest BCUT2D eigenvalue weighted by Gasteiger charge is -2.13. The van der Waals surface area contributed by atoms with E-state index >= 15 is 0 Å². The van der Waals surface area contributed by atoms with Gasteiger partial charge in [-0.2, -0.15) is 0 Å². The molecule has 24 heavy (non-hydrogen) atoms. The number of hydrogen-bond donors (Lipinski definition) is 0. The number of ketones is 1. The molecule has 1 aromatic carbocycles. The molecule has 0 atom stereocenters. The molecule has 6 heteroatoms. The van der Waals surface area contributed by atoms with Gasteiger partial charge in [0.25, 0.3) is 0 Å². The molecular weight excluding hydrogens is 328 g/mol. The highest BCUT2D eigenvalue weighted by molar-refractivity contribution is 7.21. The fraction of sp³-hybridized carbons (Fsp3) is 0.333. The smallest absolute Gasteiger partial charge is 0.333 e. The van der Waals surface area contributed by atoms with Crippen LogP contribution in [-0.4, -0.2) is 32.1 Å². The molecule has 0 fully saturated rings. The summed E-state index contributed by atoms with van der Waals surface area (Å²) in [7, 11) is 2.86. The number of esters is 1. The summed E-state index contributed by atoms with van der Waals surface area (Å²) in [6, 6.07) is 5.50. The summed E-state index contributed by atoms with van der Waals surface area (Å²) >= 11 is 1.34. The third-order valence-electron chi connectivity index (χ3n) is 3.26. The van der Waals surface area contributed by atoms with Crippen molar-refractivity contribution in [2.45, 2.75) is 26.9 Å². The lowest BCUT2D eigenvalue weighted by Crippen LogP contribution is -2.06. The molecule has 0 aliphatic rings. The lowest BCUT2D eigenvalue weighted by atomic mass is 10.2. The van der Waals surface area contributed by atoms with E-state index in [9.17, 15) is 9.59 Å². The van der Waals surface area contributed by atoms with Crippen molar-refractivity contribution in [3.63, 3.8) is 0 Å². The Morgan fingerprint density at radius 1 is 1.12 bits per heavy atom. The zero-order chi connectivity index (χ0) is 17.9. The average Bonchev–Trinajstić information content (AvgIpc) is 2.95. The van der Waals surface area contributed by atoms with E-state index in [1.54, 1.807) is 20.1 Å². The molecule has 0 amide bonds. The third kappa shape index (κ3) is 3.94. The van der Waals surface area contributed by atoms with Crippen molar-refractivity contribution in [3.05, 3.63) is 34.7 Å². The molecule has 0 aliphatic heterocycles. The Kier molecular flexibility index (Phi) is 5.62. The predicted molar refractivity (Wildman–Crippen MR) is 94.2 cm³/mol. The zero-order valence-corrected chi connectivity index (χ0v) is 15.2. The van der Waals surface area contributed by atoms with Crippen LogP contribution in [0.25, 0.3) is 10.1 Å². The van der Waals surface area contributed by atoms with E-state index in [4.69, 9.17) is 9.47 Å². The molecule has 0 N–H and O–H groups in total. The van der Waals surface area contributed by atoms with Crippen LogP contribution in [0.3, 0.4) is 0 Å². The number of methoxy groups -OCH3 is 2. The number of ether oxygens (including phenoxy) is 3. The van der Waals surface area contributed by atoms with Crippen LogP contribution in [0, 0.1) is 0 Å². The number of fused-ring (bicyclic) bond motifs is 1. The normalized spacial score (nSPS) is 11.7. The van der Waals surface area contributed by atoms with Crippen LogP contribution >= 0.6 is 11.3 Å². The van der Waals surface area contributed by atoms with Crippen LogP contribution in [0.5, 0.6) is 11.5 Å². The van der Waals surface area contributed by atoms with Gasteiger partial charge in [-0.05, 0) is 44.4 Å². The quantitative estimate of drug-likeness (QED) is 0.448. The Morgan fingerprint density at radius 2 is 1.83 bits per heavy atom. The van der Waals surface area contributed by atoms with Crippen molar-refractivity contribution in [1.82, 2.24) is 0 Å². The molecule has 0 radical (unpaired) electrons. The van der Waals surface area contributed by atoms with Gasteiger partial charge in [0, 0.05) is 16.3 Å². The fourth-order valence-electron chi connectivity index (χ4n) is 2.16. The van der Waals surface area contributed by atoms with E-state index in [0.717, 1.165) is 10.1 Å². The molecule has 0 unspecified atom stereocenters. The third-order valence-corrected chi connectivity index (χ3v) is 4.38. The van der Waals surface area contributed by atoms with Crippen molar-refractivity contribution < 1.29 is 23.8 Å². The minimum Gasteiger partial charge on any atom is -0.493 e. The molecule has 2 aromatic rings. The topological polar surface area (TPSA) is 61.8 Å². The van der Waals surface area contributed by atoms with Crippen molar-refractivity contribution in [1.29, 1.82) is 0 Å². The van der Waals surface area contributed by atoms with Gasteiger partial charge in [0.1, 0.15) is 0 Å². The van der Waals surface area contributed by atoms with Crippen LogP contribution in [-0.2, 0) is 9.53 Å². The summed E-state index contributed by atoms with van der Waals surface area (Å²) in [5.74, 6) is 0.513. The van der Waals surface area contributed by atoms with Crippen LogP contribution in [0.4, 0.5) is 0 Å². The first kappa shape index (κ1) is 18.0. The van der Waals surface area contributed by atoms with E-state index in [0.29, 0.717) is 16.4 Å². The van der Waals surface area contributed by atoms with E-state index < -0.39 is 5.97 Å². The number of hydrogen-bond acceptors (Lipinski definition) is 6. The summed E-state index contributed by atoms with van der Waals surface area (Å²) < 4.78 is 16.6. The second-order valence-electron chi connectivity index (χ2n) is 5.50. The first-order valence-electron chi connectivity index (χ1n) is 7.45. The largest absolute Gasteiger partial charge is 0.493 e. The Labute approximate surface area is 144 Å². The molecule has 2 rings (SSSR count). The molecule has 0 spiro atoms. The van der Waals surface area contributed by atoms with Gasteiger partial charge >= 0.3 is 5.97 Å². The molecule has 128 valence electrons. The van der Waals surface area contributed by atoms with Crippen LogP contribution in [0.15, 0.2) is 29.8 Å². The second kappa shape index (κ2) is 7.49. The summed E-state index contributed by atoms with van der Waals surface area (Å²) in [6.45, 7) is 5.42. The van der Waals surface area contributed by atoms with E-state index in [2.05, 4.69) is 4.74 Å².